The van der Waals surface area contributed by atoms with Crippen LogP contribution in [0.4, 0.5) is 5.82 Å². The van der Waals surface area contributed by atoms with Crippen LogP contribution >= 0.6 is 0 Å². The van der Waals surface area contributed by atoms with Crippen LogP contribution in [-0.2, 0) is 17.8 Å². The second-order valence-corrected chi connectivity index (χ2v) is 7.25. The Bertz CT molecular complexity index is 970. The highest BCUT2D eigenvalue weighted by molar-refractivity contribution is 5.89. The van der Waals surface area contributed by atoms with Gasteiger partial charge in [0.15, 0.2) is 0 Å². The average molecular weight is 379 g/mol. The van der Waals surface area contributed by atoms with Gasteiger partial charge in [-0.05, 0) is 31.7 Å². The van der Waals surface area contributed by atoms with E-state index in [1.165, 1.54) is 0 Å². The second kappa shape index (κ2) is 7.96. The lowest BCUT2D eigenvalue weighted by Gasteiger charge is -2.33. The minimum Gasteiger partial charge on any atom is -0.355 e. The normalized spacial score (nSPS) is 17.1. The highest BCUT2D eigenvalue weighted by Gasteiger charge is 2.29. The Morgan fingerprint density at radius 2 is 2.11 bits per heavy atom. The number of anilines is 1. The number of rotatable bonds is 5. The lowest BCUT2D eigenvalue weighted by molar-refractivity contribution is -0.125. The zero-order chi connectivity index (χ0) is 19.5. The van der Waals surface area contributed by atoms with Crippen molar-refractivity contribution in [1.29, 1.82) is 0 Å². The van der Waals surface area contributed by atoms with E-state index < -0.39 is 0 Å². The molecule has 0 aliphatic carbocycles. The molecule has 0 saturated carbocycles. The van der Waals surface area contributed by atoms with Gasteiger partial charge >= 0.3 is 0 Å². The third-order valence-electron chi connectivity index (χ3n) is 5.24. The number of nitrogens with zero attached hydrogens (tertiary/aromatic N) is 4. The summed E-state index contributed by atoms with van der Waals surface area (Å²) in [6.45, 7) is 5.95. The molecule has 4 rings (SSSR count). The van der Waals surface area contributed by atoms with Crippen molar-refractivity contribution in [2.24, 2.45) is 5.92 Å². The van der Waals surface area contributed by atoms with E-state index in [1.54, 1.807) is 0 Å². The molecular weight excluding hydrogens is 354 g/mol. The molecule has 0 spiro atoms. The first-order chi connectivity index (χ1) is 13.7. The molecule has 3 heterocycles. The third-order valence-corrected chi connectivity index (χ3v) is 5.24. The van der Waals surface area contributed by atoms with E-state index in [0.717, 1.165) is 48.3 Å². The minimum absolute atomic E-state index is 0.0623. The first-order valence-corrected chi connectivity index (χ1v) is 9.85. The molecule has 146 valence electrons. The van der Waals surface area contributed by atoms with Gasteiger partial charge in [-0.1, -0.05) is 42.4 Å². The fraction of sp³-hybridized carbons (Fsp3) is 0.429. The number of aryl methyl sites for hydroxylation is 2. The number of carbonyl (C=O) groups excluding carboxylic acids is 1. The van der Waals surface area contributed by atoms with Crippen molar-refractivity contribution in [3.8, 4) is 0 Å². The van der Waals surface area contributed by atoms with E-state index in [-0.39, 0.29) is 11.8 Å². The van der Waals surface area contributed by atoms with Crippen molar-refractivity contribution >= 4 is 22.8 Å². The lowest BCUT2D eigenvalue weighted by atomic mass is 9.96. The Balaban J connectivity index is 1.52. The Hall–Kier alpha value is -2.96. The van der Waals surface area contributed by atoms with Crippen molar-refractivity contribution in [1.82, 2.24) is 20.4 Å². The molecule has 1 aliphatic heterocycles. The fourth-order valence-electron chi connectivity index (χ4n) is 3.78. The summed E-state index contributed by atoms with van der Waals surface area (Å²) in [6, 6.07) is 9.98. The Morgan fingerprint density at radius 1 is 1.29 bits per heavy atom. The Labute approximate surface area is 164 Å². The highest BCUT2D eigenvalue weighted by Crippen LogP contribution is 2.30. The number of hydrogen-bond donors (Lipinski definition) is 1. The van der Waals surface area contributed by atoms with Gasteiger partial charge in [0.25, 0.3) is 5.71 Å². The van der Waals surface area contributed by atoms with Gasteiger partial charge in [0.2, 0.25) is 5.91 Å². The molecule has 1 N–H and O–H groups in total. The van der Waals surface area contributed by atoms with Gasteiger partial charge in [-0.15, -0.1) is 0 Å². The van der Waals surface area contributed by atoms with Crippen LogP contribution in [0, 0.1) is 12.8 Å². The van der Waals surface area contributed by atoms with Gasteiger partial charge in [-0.2, -0.15) is 4.98 Å². The van der Waals surface area contributed by atoms with Crippen molar-refractivity contribution in [3.63, 3.8) is 0 Å². The van der Waals surface area contributed by atoms with Gasteiger partial charge in [0.1, 0.15) is 17.0 Å². The fourth-order valence-corrected chi connectivity index (χ4v) is 3.78. The molecule has 1 fully saturated rings. The van der Waals surface area contributed by atoms with Crippen molar-refractivity contribution in [3.05, 3.63) is 47.4 Å². The summed E-state index contributed by atoms with van der Waals surface area (Å²) in [7, 11) is 0. The maximum Gasteiger partial charge on any atom is 0.263 e. The molecule has 1 unspecified atom stereocenters. The summed E-state index contributed by atoms with van der Waals surface area (Å²) in [4.78, 5) is 24.0. The first-order valence-electron chi connectivity index (χ1n) is 9.85. The maximum absolute atomic E-state index is 12.8. The van der Waals surface area contributed by atoms with Crippen LogP contribution in [0.5, 0.6) is 0 Å². The van der Waals surface area contributed by atoms with Crippen LogP contribution in [0.3, 0.4) is 0 Å². The third kappa shape index (κ3) is 3.69. The topological polar surface area (TPSA) is 84.2 Å². The summed E-state index contributed by atoms with van der Waals surface area (Å²) in [5.41, 5.74) is 2.49. The number of aromatic nitrogens is 3. The van der Waals surface area contributed by atoms with Crippen molar-refractivity contribution in [2.75, 3.05) is 18.0 Å². The van der Waals surface area contributed by atoms with Gasteiger partial charge < -0.3 is 14.7 Å². The number of piperidine rings is 1. The predicted octanol–water partition coefficient (Wildman–Crippen LogP) is 3.02. The monoisotopic (exact) mass is 379 g/mol. The molecule has 7 heteroatoms. The molecule has 28 heavy (non-hydrogen) atoms. The number of hydrogen-bond acceptors (Lipinski definition) is 6. The molecule has 1 atom stereocenters. The van der Waals surface area contributed by atoms with E-state index in [9.17, 15) is 4.79 Å². The second-order valence-electron chi connectivity index (χ2n) is 7.25. The minimum atomic E-state index is -0.0623. The SMILES string of the molecule is CCc1noc2nc(C)nc(N3CCCC(C(=O)NCc4ccccc4)C3)c12. The Kier molecular flexibility index (Phi) is 5.23. The van der Waals surface area contributed by atoms with Crippen LogP contribution in [0.2, 0.25) is 0 Å². The van der Waals surface area contributed by atoms with Crippen LogP contribution in [0.1, 0.15) is 36.8 Å². The van der Waals surface area contributed by atoms with Gasteiger partial charge in [-0.3, -0.25) is 4.79 Å². The molecule has 1 aromatic carbocycles. The van der Waals surface area contributed by atoms with Gasteiger partial charge in [-0.25, -0.2) is 4.98 Å². The summed E-state index contributed by atoms with van der Waals surface area (Å²) < 4.78 is 5.41. The van der Waals surface area contributed by atoms with Crippen molar-refractivity contribution in [2.45, 2.75) is 39.7 Å². The van der Waals surface area contributed by atoms with E-state index in [0.29, 0.717) is 24.6 Å². The van der Waals surface area contributed by atoms with Gasteiger partial charge in [0, 0.05) is 19.6 Å². The Morgan fingerprint density at radius 3 is 2.89 bits per heavy atom. The summed E-state index contributed by atoms with van der Waals surface area (Å²) in [5.74, 6) is 1.52. The quantitative estimate of drug-likeness (QED) is 0.734. The molecule has 7 nitrogen and oxygen atoms in total. The number of amides is 1. The maximum atomic E-state index is 12.8. The van der Waals surface area contributed by atoms with E-state index in [2.05, 4.69) is 25.3 Å². The highest BCUT2D eigenvalue weighted by atomic mass is 16.5. The van der Waals surface area contributed by atoms with Crippen LogP contribution in [0.15, 0.2) is 34.9 Å². The van der Waals surface area contributed by atoms with Crippen LogP contribution in [0.25, 0.3) is 11.1 Å². The largest absolute Gasteiger partial charge is 0.355 e. The van der Waals surface area contributed by atoms with E-state index in [1.807, 2.05) is 44.2 Å². The predicted molar refractivity (Wildman–Crippen MR) is 107 cm³/mol. The molecule has 2 aromatic heterocycles. The summed E-state index contributed by atoms with van der Waals surface area (Å²) in [6.07, 6.45) is 2.58. The molecule has 3 aromatic rings. The zero-order valence-electron chi connectivity index (χ0n) is 16.3. The van der Waals surface area contributed by atoms with Crippen molar-refractivity contribution < 1.29 is 9.32 Å². The van der Waals surface area contributed by atoms with E-state index in [4.69, 9.17) is 4.52 Å². The summed E-state index contributed by atoms with van der Waals surface area (Å²) >= 11 is 0. The number of fused-ring (bicyclic) bond motifs is 1. The molecule has 1 amide bonds. The average Bonchev–Trinajstić information content (AvgIpc) is 3.15. The standard InChI is InChI=1S/C21H25N5O2/c1-3-17-18-19(23-14(2)24-21(18)28-25-17)26-11-7-10-16(13-26)20(27)22-12-15-8-5-4-6-9-15/h4-6,8-9,16H,3,7,10-13H2,1-2H3,(H,22,27). The molecule has 0 radical (unpaired) electrons. The molecule has 0 bridgehead atoms. The smallest absolute Gasteiger partial charge is 0.263 e. The van der Waals surface area contributed by atoms with Crippen LogP contribution < -0.4 is 10.2 Å². The molecular formula is C21H25N5O2. The lowest BCUT2D eigenvalue weighted by Crippen LogP contribution is -2.43. The van der Waals surface area contributed by atoms with Crippen LogP contribution in [-0.4, -0.2) is 34.1 Å². The summed E-state index contributed by atoms with van der Waals surface area (Å²) in [5, 5.41) is 8.10. The van der Waals surface area contributed by atoms with E-state index >= 15 is 0 Å². The number of carbonyl (C=O) groups is 1. The zero-order valence-corrected chi connectivity index (χ0v) is 16.3. The molecule has 1 saturated heterocycles. The van der Waals surface area contributed by atoms with Gasteiger partial charge in [0.05, 0.1) is 11.6 Å². The molecule has 1 aliphatic rings. The number of benzene rings is 1. The number of nitrogens with one attached hydrogen (secondary N) is 1. The first kappa shape index (κ1) is 18.4.